The Bertz CT molecular complexity index is 1390. The Balaban J connectivity index is 1.60. The average Bonchev–Trinajstić information content (AvgIpc) is 2.83. The number of hydrogen-bond acceptors (Lipinski definition) is 7. The average molecular weight is 516 g/mol. The predicted molar refractivity (Wildman–Crippen MR) is 135 cm³/mol. The van der Waals surface area contributed by atoms with Crippen molar-refractivity contribution in [3.8, 4) is 11.4 Å². The zero-order valence-electron chi connectivity index (χ0n) is 19.7. The normalized spacial score (nSPS) is 14.8. The van der Waals surface area contributed by atoms with Gasteiger partial charge >= 0.3 is 0 Å². The molecule has 9 nitrogen and oxygen atoms in total. The first kappa shape index (κ1) is 25.0. The highest BCUT2D eigenvalue weighted by atomic mass is 35.5. The molecule has 0 bridgehead atoms. The number of anilines is 1. The smallest absolute Gasteiger partial charge is 0.289 e. The molecule has 1 fully saturated rings. The number of aromatic nitrogens is 2. The lowest BCUT2D eigenvalue weighted by Crippen LogP contribution is -2.49. The summed E-state index contributed by atoms with van der Waals surface area (Å²) in [5.74, 6) is 1.46. The van der Waals surface area contributed by atoms with Gasteiger partial charge in [-0.15, -0.1) is 0 Å². The molecule has 4 rings (SSSR count). The molecule has 0 spiro atoms. The van der Waals surface area contributed by atoms with Crippen molar-refractivity contribution in [2.45, 2.75) is 32.1 Å². The lowest BCUT2D eigenvalue weighted by Gasteiger charge is -2.35. The van der Waals surface area contributed by atoms with Gasteiger partial charge in [0.05, 0.1) is 9.82 Å². The summed E-state index contributed by atoms with van der Waals surface area (Å²) in [5.41, 5.74) is 3.55. The largest absolute Gasteiger partial charge is 0.354 e. The summed E-state index contributed by atoms with van der Waals surface area (Å²) in [6.07, 6.45) is 0.752. The Hall–Kier alpha value is -3.08. The summed E-state index contributed by atoms with van der Waals surface area (Å²) in [6.45, 7) is 7.37. The van der Waals surface area contributed by atoms with Crippen LogP contribution in [0.2, 0.25) is 5.02 Å². The van der Waals surface area contributed by atoms with Crippen LogP contribution in [0.15, 0.2) is 47.4 Å². The highest BCUT2D eigenvalue weighted by Gasteiger charge is 2.31. The third-order valence-corrected chi connectivity index (χ3v) is 8.33. The number of nitrogens with zero attached hydrogens (tertiary/aromatic N) is 5. The predicted octanol–water partition coefficient (Wildman–Crippen LogP) is 4.40. The summed E-state index contributed by atoms with van der Waals surface area (Å²) < 4.78 is 27.7. The monoisotopic (exact) mass is 515 g/mol. The van der Waals surface area contributed by atoms with Gasteiger partial charge in [-0.1, -0.05) is 42.3 Å². The van der Waals surface area contributed by atoms with E-state index in [-0.39, 0.29) is 23.0 Å². The van der Waals surface area contributed by atoms with Crippen molar-refractivity contribution in [2.75, 3.05) is 31.1 Å². The van der Waals surface area contributed by atoms with Crippen LogP contribution in [-0.4, -0.2) is 53.8 Å². The second-order valence-electron chi connectivity index (χ2n) is 8.42. The van der Waals surface area contributed by atoms with Crippen LogP contribution in [0.3, 0.4) is 0 Å². The van der Waals surface area contributed by atoms with Gasteiger partial charge in [0.25, 0.3) is 5.69 Å². The minimum absolute atomic E-state index is 0.102. The van der Waals surface area contributed by atoms with E-state index >= 15 is 0 Å². The van der Waals surface area contributed by atoms with Gasteiger partial charge in [-0.2, -0.15) is 4.31 Å². The Kier molecular flexibility index (Phi) is 7.07. The van der Waals surface area contributed by atoms with Gasteiger partial charge in [0.1, 0.15) is 10.8 Å². The van der Waals surface area contributed by atoms with Crippen LogP contribution in [0.4, 0.5) is 11.5 Å². The number of halogens is 1. The molecule has 0 amide bonds. The van der Waals surface area contributed by atoms with E-state index in [4.69, 9.17) is 21.6 Å². The maximum atomic E-state index is 13.2. The maximum absolute atomic E-state index is 13.2. The second kappa shape index (κ2) is 9.88. The van der Waals surface area contributed by atoms with Crippen LogP contribution in [0.5, 0.6) is 0 Å². The van der Waals surface area contributed by atoms with E-state index in [9.17, 15) is 18.5 Å². The molecule has 2 aromatic carbocycles. The van der Waals surface area contributed by atoms with E-state index in [1.807, 2.05) is 38.1 Å². The van der Waals surface area contributed by atoms with Crippen LogP contribution in [0.1, 0.15) is 23.7 Å². The van der Waals surface area contributed by atoms with E-state index in [1.165, 1.54) is 16.4 Å². The van der Waals surface area contributed by atoms with Gasteiger partial charge in [0, 0.05) is 49.1 Å². The summed E-state index contributed by atoms with van der Waals surface area (Å²) in [6, 6.07) is 11.6. The molecule has 0 radical (unpaired) electrons. The van der Waals surface area contributed by atoms with Crippen LogP contribution >= 0.6 is 11.6 Å². The SMILES string of the molecule is CCc1c(C)nc(-c2cccc(C)c2)nc1N1CCN(S(=O)(=O)c2ccc(Cl)c([N+](=O)[O-])c2)CC1. The quantitative estimate of drug-likeness (QED) is 0.353. The lowest BCUT2D eigenvalue weighted by atomic mass is 10.1. The van der Waals surface area contributed by atoms with Crippen molar-refractivity contribution in [3.63, 3.8) is 0 Å². The van der Waals surface area contributed by atoms with Gasteiger partial charge in [-0.3, -0.25) is 10.1 Å². The van der Waals surface area contributed by atoms with Gasteiger partial charge in [0.2, 0.25) is 10.0 Å². The Morgan fingerprint density at radius 1 is 1.06 bits per heavy atom. The molecule has 0 unspecified atom stereocenters. The third-order valence-electron chi connectivity index (χ3n) is 6.11. The molecular weight excluding hydrogens is 490 g/mol. The third kappa shape index (κ3) is 5.00. The summed E-state index contributed by atoms with van der Waals surface area (Å²) >= 11 is 5.85. The first-order chi connectivity index (χ1) is 16.6. The molecule has 0 saturated carbocycles. The Morgan fingerprint density at radius 3 is 2.40 bits per heavy atom. The number of nitro benzene ring substituents is 1. The molecule has 0 aliphatic carbocycles. The topological polar surface area (TPSA) is 110 Å². The molecule has 3 aromatic rings. The highest BCUT2D eigenvalue weighted by Crippen LogP contribution is 2.30. The van der Waals surface area contributed by atoms with Crippen molar-refractivity contribution in [1.82, 2.24) is 14.3 Å². The zero-order chi connectivity index (χ0) is 25.3. The van der Waals surface area contributed by atoms with Gasteiger partial charge in [0.15, 0.2) is 5.82 Å². The number of piperazine rings is 1. The molecule has 1 aromatic heterocycles. The summed E-state index contributed by atoms with van der Waals surface area (Å²) in [4.78, 5) is 22.1. The van der Waals surface area contributed by atoms with Crippen molar-refractivity contribution in [1.29, 1.82) is 0 Å². The summed E-state index contributed by atoms with van der Waals surface area (Å²) in [5, 5.41) is 11.1. The molecule has 2 heterocycles. The molecular formula is C24H26ClN5O4S. The van der Waals surface area contributed by atoms with Crippen molar-refractivity contribution < 1.29 is 13.3 Å². The minimum atomic E-state index is -3.91. The van der Waals surface area contributed by atoms with E-state index < -0.39 is 20.6 Å². The zero-order valence-corrected chi connectivity index (χ0v) is 21.3. The van der Waals surface area contributed by atoms with Crippen LogP contribution in [-0.2, 0) is 16.4 Å². The molecule has 11 heteroatoms. The second-order valence-corrected chi connectivity index (χ2v) is 10.8. The van der Waals surface area contributed by atoms with Crippen LogP contribution in [0, 0.1) is 24.0 Å². The van der Waals surface area contributed by atoms with Crippen LogP contribution in [0.25, 0.3) is 11.4 Å². The first-order valence-corrected chi connectivity index (χ1v) is 13.1. The molecule has 35 heavy (non-hydrogen) atoms. The summed E-state index contributed by atoms with van der Waals surface area (Å²) in [7, 11) is -3.91. The van der Waals surface area contributed by atoms with Crippen LogP contribution < -0.4 is 4.90 Å². The van der Waals surface area contributed by atoms with Crippen molar-refractivity contribution >= 4 is 33.1 Å². The highest BCUT2D eigenvalue weighted by molar-refractivity contribution is 7.89. The van der Waals surface area contributed by atoms with E-state index in [1.54, 1.807) is 0 Å². The van der Waals surface area contributed by atoms with Gasteiger partial charge in [-0.05, 0) is 38.5 Å². The standard InChI is InChI=1S/C24H26ClN5O4S/c1-4-20-17(3)26-23(18-7-5-6-16(2)14-18)27-24(20)28-10-12-29(13-11-28)35(33,34)19-8-9-21(25)22(15-19)30(31)32/h5-9,14-15H,4,10-13H2,1-3H3. The van der Waals surface area contributed by atoms with E-state index in [0.717, 1.165) is 40.7 Å². The van der Waals surface area contributed by atoms with Crippen molar-refractivity contribution in [3.05, 3.63) is 74.4 Å². The Morgan fingerprint density at radius 2 is 1.77 bits per heavy atom. The fourth-order valence-corrected chi connectivity index (χ4v) is 5.88. The molecule has 0 atom stereocenters. The molecule has 1 aliphatic rings. The molecule has 1 aliphatic heterocycles. The van der Waals surface area contributed by atoms with E-state index in [2.05, 4.69) is 11.8 Å². The van der Waals surface area contributed by atoms with Crippen molar-refractivity contribution in [2.24, 2.45) is 0 Å². The lowest BCUT2D eigenvalue weighted by molar-refractivity contribution is -0.384. The Labute approximate surface area is 209 Å². The number of benzene rings is 2. The fourth-order valence-electron chi connectivity index (χ4n) is 4.25. The molecule has 184 valence electrons. The number of hydrogen-bond donors (Lipinski definition) is 0. The maximum Gasteiger partial charge on any atom is 0.289 e. The first-order valence-electron chi connectivity index (χ1n) is 11.3. The minimum Gasteiger partial charge on any atom is -0.354 e. The number of nitro groups is 1. The molecule has 1 saturated heterocycles. The number of sulfonamides is 1. The van der Waals surface area contributed by atoms with Gasteiger partial charge < -0.3 is 4.90 Å². The molecule has 0 N–H and O–H groups in total. The van der Waals surface area contributed by atoms with E-state index in [0.29, 0.717) is 18.9 Å². The van der Waals surface area contributed by atoms with Gasteiger partial charge in [-0.25, -0.2) is 18.4 Å². The number of aryl methyl sites for hydroxylation is 2. The fraction of sp³-hybridized carbons (Fsp3) is 0.333. The number of rotatable bonds is 6.